The van der Waals surface area contributed by atoms with E-state index >= 15 is 0 Å². The number of rotatable bonds is 6. The van der Waals surface area contributed by atoms with E-state index in [0.29, 0.717) is 34.6 Å². The first-order chi connectivity index (χ1) is 16.1. The van der Waals surface area contributed by atoms with E-state index in [-0.39, 0.29) is 5.56 Å². The summed E-state index contributed by atoms with van der Waals surface area (Å²) < 4.78 is 5.05. The van der Waals surface area contributed by atoms with Gasteiger partial charge < -0.3 is 15.6 Å². The molecule has 10 heteroatoms. The summed E-state index contributed by atoms with van der Waals surface area (Å²) in [5.74, 6) is 0.334. The minimum atomic E-state index is -0.548. The van der Waals surface area contributed by atoms with Crippen LogP contribution >= 0.6 is 0 Å². The van der Waals surface area contributed by atoms with Crippen LogP contribution in [0.15, 0.2) is 78.4 Å². The summed E-state index contributed by atoms with van der Waals surface area (Å²) in [5.41, 5.74) is 8.25. The molecule has 10 nitrogen and oxygen atoms in total. The number of carbonyl (C=O) groups is 1. The van der Waals surface area contributed by atoms with Gasteiger partial charge in [-0.1, -0.05) is 6.07 Å². The SMILES string of the molecule is CNCc1nccn1-c1ccc(-n2cnc3ncn(-c4cccc(C(N)=O)c4)c3c2=O)cc1. The van der Waals surface area contributed by atoms with Crippen molar-refractivity contribution in [2.75, 3.05) is 7.05 Å². The van der Waals surface area contributed by atoms with Crippen LogP contribution in [0.3, 0.4) is 0 Å². The minimum absolute atomic E-state index is 0.284. The van der Waals surface area contributed by atoms with Gasteiger partial charge in [-0.25, -0.2) is 15.0 Å². The third kappa shape index (κ3) is 3.58. The van der Waals surface area contributed by atoms with Gasteiger partial charge in [0.25, 0.3) is 5.56 Å². The van der Waals surface area contributed by atoms with Gasteiger partial charge >= 0.3 is 0 Å². The molecule has 33 heavy (non-hydrogen) atoms. The van der Waals surface area contributed by atoms with Crippen molar-refractivity contribution in [2.45, 2.75) is 6.54 Å². The van der Waals surface area contributed by atoms with Crippen LogP contribution in [0.5, 0.6) is 0 Å². The van der Waals surface area contributed by atoms with Crippen molar-refractivity contribution < 1.29 is 4.79 Å². The fourth-order valence-corrected chi connectivity index (χ4v) is 3.73. The fraction of sp³-hybridized carbons (Fsp3) is 0.0870. The lowest BCUT2D eigenvalue weighted by Gasteiger charge is -2.10. The van der Waals surface area contributed by atoms with E-state index in [1.54, 1.807) is 35.0 Å². The smallest absolute Gasteiger partial charge is 0.284 e. The van der Waals surface area contributed by atoms with Gasteiger partial charge in [0.2, 0.25) is 5.91 Å². The molecule has 1 amide bonds. The highest BCUT2D eigenvalue weighted by Gasteiger charge is 2.14. The van der Waals surface area contributed by atoms with Crippen LogP contribution in [-0.2, 0) is 6.54 Å². The summed E-state index contributed by atoms with van der Waals surface area (Å²) in [6.07, 6.45) is 6.60. The summed E-state index contributed by atoms with van der Waals surface area (Å²) in [4.78, 5) is 37.9. The van der Waals surface area contributed by atoms with Crippen LogP contribution < -0.4 is 16.6 Å². The van der Waals surface area contributed by atoms with Crippen molar-refractivity contribution in [1.82, 2.24) is 34.0 Å². The molecule has 3 heterocycles. The second-order valence-corrected chi connectivity index (χ2v) is 7.38. The fourth-order valence-electron chi connectivity index (χ4n) is 3.73. The average molecular weight is 440 g/mol. The highest BCUT2D eigenvalue weighted by atomic mass is 16.1. The van der Waals surface area contributed by atoms with Crippen LogP contribution in [-0.4, -0.2) is 41.6 Å². The van der Waals surface area contributed by atoms with Gasteiger partial charge in [-0.2, -0.15) is 0 Å². The van der Waals surface area contributed by atoms with Crippen LogP contribution in [0.1, 0.15) is 16.2 Å². The molecule has 164 valence electrons. The molecule has 0 fully saturated rings. The predicted octanol–water partition coefficient (Wildman–Crippen LogP) is 1.58. The number of benzene rings is 2. The number of nitrogens with zero attached hydrogens (tertiary/aromatic N) is 6. The zero-order chi connectivity index (χ0) is 22.9. The maximum atomic E-state index is 13.4. The lowest BCUT2D eigenvalue weighted by Crippen LogP contribution is -2.21. The van der Waals surface area contributed by atoms with Gasteiger partial charge in [0.1, 0.15) is 18.5 Å². The first kappa shape index (κ1) is 20.3. The molecule has 5 rings (SSSR count). The lowest BCUT2D eigenvalue weighted by atomic mass is 10.2. The molecule has 2 aromatic carbocycles. The van der Waals surface area contributed by atoms with Gasteiger partial charge in [0.05, 0.1) is 12.2 Å². The number of carbonyl (C=O) groups excluding carboxylic acids is 1. The van der Waals surface area contributed by atoms with E-state index in [0.717, 1.165) is 11.5 Å². The number of hydrogen-bond donors (Lipinski definition) is 2. The van der Waals surface area contributed by atoms with Crippen molar-refractivity contribution in [1.29, 1.82) is 0 Å². The van der Waals surface area contributed by atoms with E-state index in [2.05, 4.69) is 20.3 Å². The van der Waals surface area contributed by atoms with Crippen molar-refractivity contribution in [3.63, 3.8) is 0 Å². The molecule has 0 aliphatic heterocycles. The molecule has 0 saturated heterocycles. The molecule has 0 radical (unpaired) electrons. The predicted molar refractivity (Wildman–Crippen MR) is 123 cm³/mol. The van der Waals surface area contributed by atoms with Crippen molar-refractivity contribution in [3.05, 3.63) is 95.3 Å². The molecule has 5 aromatic rings. The number of primary amides is 1. The van der Waals surface area contributed by atoms with E-state index in [4.69, 9.17) is 5.73 Å². The molecule has 3 N–H and O–H groups in total. The summed E-state index contributed by atoms with van der Waals surface area (Å²) in [6, 6.07) is 14.2. The molecule has 0 aliphatic carbocycles. The van der Waals surface area contributed by atoms with Crippen LogP contribution in [0.2, 0.25) is 0 Å². The Bertz CT molecular complexity index is 1530. The second-order valence-electron chi connectivity index (χ2n) is 7.38. The third-order valence-electron chi connectivity index (χ3n) is 5.33. The second kappa shape index (κ2) is 8.17. The zero-order valence-corrected chi connectivity index (χ0v) is 17.7. The monoisotopic (exact) mass is 440 g/mol. The Morgan fingerprint density at radius 1 is 0.939 bits per heavy atom. The van der Waals surface area contributed by atoms with Gasteiger partial charge in [-0.15, -0.1) is 0 Å². The van der Waals surface area contributed by atoms with Crippen LogP contribution in [0.25, 0.3) is 28.2 Å². The number of fused-ring (bicyclic) bond motifs is 1. The zero-order valence-electron chi connectivity index (χ0n) is 17.7. The first-order valence-corrected chi connectivity index (χ1v) is 10.2. The van der Waals surface area contributed by atoms with Gasteiger partial charge in [0, 0.05) is 29.3 Å². The highest BCUT2D eigenvalue weighted by Crippen LogP contribution is 2.18. The van der Waals surface area contributed by atoms with Crippen molar-refractivity contribution >= 4 is 17.1 Å². The van der Waals surface area contributed by atoms with Gasteiger partial charge in [-0.3, -0.25) is 18.7 Å². The molecule has 3 aromatic heterocycles. The summed E-state index contributed by atoms with van der Waals surface area (Å²) >= 11 is 0. The normalized spacial score (nSPS) is 11.2. The Balaban J connectivity index is 1.57. The molecule has 0 bridgehead atoms. The van der Waals surface area contributed by atoms with E-state index in [1.807, 2.05) is 42.1 Å². The quantitative estimate of drug-likeness (QED) is 0.413. The average Bonchev–Trinajstić information content (AvgIpc) is 3.47. The van der Waals surface area contributed by atoms with Crippen LogP contribution in [0.4, 0.5) is 0 Å². The van der Waals surface area contributed by atoms with Crippen LogP contribution in [0, 0.1) is 0 Å². The Morgan fingerprint density at radius 2 is 1.64 bits per heavy atom. The number of imidazole rings is 2. The Kier molecular flexibility index (Phi) is 5.04. The number of nitrogens with one attached hydrogen (secondary N) is 1. The maximum Gasteiger partial charge on any atom is 0.284 e. The largest absolute Gasteiger partial charge is 0.366 e. The molecule has 0 aliphatic rings. The standard InChI is InChI=1S/C23H20N8O2/c1-25-12-19-26-9-10-29(19)16-5-7-17(8-6-16)31-14-28-22-20(23(31)33)30(13-27-22)18-4-2-3-15(11-18)21(24)32/h2-11,13-14,25H,12H2,1H3,(H2,24,32). The van der Waals surface area contributed by atoms with Gasteiger partial charge in [-0.05, 0) is 49.5 Å². The highest BCUT2D eigenvalue weighted by molar-refractivity contribution is 5.93. The van der Waals surface area contributed by atoms with E-state index < -0.39 is 5.91 Å². The Morgan fingerprint density at radius 3 is 2.33 bits per heavy atom. The summed E-state index contributed by atoms with van der Waals surface area (Å²) in [6.45, 7) is 0.635. The molecule has 0 atom stereocenters. The molecular formula is C23H20N8O2. The molecule has 0 saturated carbocycles. The topological polar surface area (TPSA) is 126 Å². The lowest BCUT2D eigenvalue weighted by molar-refractivity contribution is 0.1000. The Labute approximate surface area is 188 Å². The van der Waals surface area contributed by atoms with Crippen molar-refractivity contribution in [3.8, 4) is 17.1 Å². The number of aromatic nitrogens is 6. The van der Waals surface area contributed by atoms with Gasteiger partial charge in [0.15, 0.2) is 11.2 Å². The maximum absolute atomic E-state index is 13.4. The number of amides is 1. The first-order valence-electron chi connectivity index (χ1n) is 10.2. The minimum Gasteiger partial charge on any atom is -0.366 e. The number of nitrogens with two attached hydrogens (primary N) is 1. The Hall–Kier alpha value is -4.57. The molecule has 0 unspecified atom stereocenters. The molecule has 0 spiro atoms. The molecular weight excluding hydrogens is 420 g/mol. The third-order valence-corrected chi connectivity index (χ3v) is 5.33. The number of hydrogen-bond acceptors (Lipinski definition) is 6. The summed E-state index contributed by atoms with van der Waals surface area (Å²) in [5, 5.41) is 3.10. The van der Waals surface area contributed by atoms with Crippen molar-refractivity contribution in [2.24, 2.45) is 5.73 Å². The summed E-state index contributed by atoms with van der Waals surface area (Å²) in [7, 11) is 1.87. The van der Waals surface area contributed by atoms with E-state index in [9.17, 15) is 9.59 Å². The van der Waals surface area contributed by atoms with E-state index in [1.165, 1.54) is 17.2 Å².